The Kier molecular flexibility index (Phi) is 6.85. The van der Waals surface area contributed by atoms with E-state index in [2.05, 4.69) is 15.2 Å². The van der Waals surface area contributed by atoms with E-state index in [-0.39, 0.29) is 11.5 Å². The van der Waals surface area contributed by atoms with Gasteiger partial charge in [-0.05, 0) is 32.9 Å². The highest BCUT2D eigenvalue weighted by molar-refractivity contribution is 7.17. The number of benzene rings is 1. The highest BCUT2D eigenvalue weighted by Gasteiger charge is 2.22. The lowest BCUT2D eigenvalue weighted by Crippen LogP contribution is -2.37. The number of likely N-dealkylation sites (tertiary alicyclic amines) is 1. The van der Waals surface area contributed by atoms with Crippen molar-refractivity contribution in [3.8, 4) is 22.1 Å². The molecule has 0 radical (unpaired) electrons. The van der Waals surface area contributed by atoms with Crippen molar-refractivity contribution in [1.29, 1.82) is 0 Å². The fraction of sp³-hybridized carbons (Fsp3) is 0.500. The Morgan fingerprint density at radius 2 is 2.00 bits per heavy atom. The van der Waals surface area contributed by atoms with Crippen LogP contribution in [0.1, 0.15) is 34.6 Å². The number of halogens is 1. The molecule has 1 amide bonds. The number of aromatic nitrogens is 1. The molecular weight excluding hydrogens is 381 g/mol. The van der Waals surface area contributed by atoms with Crippen LogP contribution in [-0.4, -0.2) is 56.2 Å². The molecule has 1 saturated heterocycles. The van der Waals surface area contributed by atoms with Crippen molar-refractivity contribution in [3.05, 3.63) is 28.5 Å². The third-order valence-corrected chi connectivity index (χ3v) is 6.04. The maximum absolute atomic E-state index is 14.6. The van der Waals surface area contributed by atoms with Gasteiger partial charge in [0.15, 0.2) is 0 Å². The quantitative estimate of drug-likeness (QED) is 0.761. The van der Waals surface area contributed by atoms with E-state index < -0.39 is 5.82 Å². The Labute approximate surface area is 168 Å². The summed E-state index contributed by atoms with van der Waals surface area (Å²) in [6.07, 6.45) is 3.73. The highest BCUT2D eigenvalue weighted by atomic mass is 32.1. The van der Waals surface area contributed by atoms with Gasteiger partial charge in [0.25, 0.3) is 5.91 Å². The molecule has 1 aliphatic rings. The molecule has 152 valence electrons. The molecule has 1 aromatic carbocycles. The summed E-state index contributed by atoms with van der Waals surface area (Å²) in [4.78, 5) is 19.9. The zero-order chi connectivity index (χ0) is 20.1. The molecule has 0 bridgehead atoms. The number of nitrogens with zero attached hydrogens (tertiary/aromatic N) is 2. The number of piperidine rings is 1. The summed E-state index contributed by atoms with van der Waals surface area (Å²) in [6, 6.07) is 2.89. The number of ether oxygens (including phenoxy) is 2. The van der Waals surface area contributed by atoms with Gasteiger partial charge in [-0.2, -0.15) is 0 Å². The second kappa shape index (κ2) is 9.34. The van der Waals surface area contributed by atoms with E-state index in [1.807, 2.05) is 0 Å². The Morgan fingerprint density at radius 3 is 2.68 bits per heavy atom. The Morgan fingerprint density at radius 1 is 1.25 bits per heavy atom. The standard InChI is InChI=1S/C20H26FN3O3S/c1-13-18(19(25)22-7-10-24-8-5-4-6-9-24)28-20(23-13)17-15(21)11-14(26-2)12-16(17)27-3/h11-12H,4-10H2,1-3H3,(H,22,25). The summed E-state index contributed by atoms with van der Waals surface area (Å²) in [5.74, 6) is 0.0119. The molecule has 1 N–H and O–H groups in total. The summed E-state index contributed by atoms with van der Waals surface area (Å²) in [5, 5.41) is 3.37. The van der Waals surface area contributed by atoms with Gasteiger partial charge in [0, 0.05) is 25.2 Å². The van der Waals surface area contributed by atoms with Crippen molar-refractivity contribution >= 4 is 17.2 Å². The number of carbonyl (C=O) groups excluding carboxylic acids is 1. The molecule has 0 saturated carbocycles. The van der Waals surface area contributed by atoms with Gasteiger partial charge in [-0.25, -0.2) is 9.37 Å². The molecular formula is C20H26FN3O3S. The first kappa shape index (κ1) is 20.5. The topological polar surface area (TPSA) is 63.7 Å². The molecule has 0 atom stereocenters. The minimum absolute atomic E-state index is 0.175. The van der Waals surface area contributed by atoms with Crippen molar-refractivity contribution in [1.82, 2.24) is 15.2 Å². The van der Waals surface area contributed by atoms with Gasteiger partial charge in [0.1, 0.15) is 27.2 Å². The molecule has 1 aliphatic heterocycles. The van der Waals surface area contributed by atoms with Gasteiger partial charge in [0.2, 0.25) is 0 Å². The number of hydrogen-bond donors (Lipinski definition) is 1. The number of carbonyl (C=O) groups is 1. The lowest BCUT2D eigenvalue weighted by molar-refractivity contribution is 0.0950. The normalized spacial score (nSPS) is 14.7. The lowest BCUT2D eigenvalue weighted by atomic mass is 10.1. The number of rotatable bonds is 7. The maximum atomic E-state index is 14.6. The van der Waals surface area contributed by atoms with Crippen LogP contribution in [0.2, 0.25) is 0 Å². The fourth-order valence-electron chi connectivity index (χ4n) is 3.35. The van der Waals surface area contributed by atoms with Crippen molar-refractivity contribution in [2.24, 2.45) is 0 Å². The summed E-state index contributed by atoms with van der Waals surface area (Å²) >= 11 is 1.17. The van der Waals surface area contributed by atoms with E-state index in [9.17, 15) is 9.18 Å². The molecule has 0 aliphatic carbocycles. The van der Waals surface area contributed by atoms with E-state index in [0.29, 0.717) is 33.6 Å². The number of methoxy groups -OCH3 is 2. The third kappa shape index (κ3) is 4.62. The van der Waals surface area contributed by atoms with Crippen molar-refractivity contribution in [2.45, 2.75) is 26.2 Å². The minimum Gasteiger partial charge on any atom is -0.497 e. The van der Waals surface area contributed by atoms with Crippen LogP contribution in [0.25, 0.3) is 10.6 Å². The summed E-state index contributed by atoms with van der Waals surface area (Å²) < 4.78 is 25.0. The van der Waals surface area contributed by atoms with Crippen LogP contribution < -0.4 is 14.8 Å². The SMILES string of the molecule is COc1cc(F)c(-c2nc(C)c(C(=O)NCCN3CCCCC3)s2)c(OC)c1. The van der Waals surface area contributed by atoms with E-state index in [0.717, 1.165) is 19.6 Å². The molecule has 28 heavy (non-hydrogen) atoms. The second-order valence-electron chi connectivity index (χ2n) is 6.78. The van der Waals surface area contributed by atoms with E-state index in [1.54, 1.807) is 13.0 Å². The molecule has 3 rings (SSSR count). The monoisotopic (exact) mass is 407 g/mol. The second-order valence-corrected chi connectivity index (χ2v) is 7.78. The first-order chi connectivity index (χ1) is 13.5. The minimum atomic E-state index is -0.498. The van der Waals surface area contributed by atoms with Crippen LogP contribution in [-0.2, 0) is 0 Å². The average molecular weight is 408 g/mol. The van der Waals surface area contributed by atoms with Gasteiger partial charge >= 0.3 is 0 Å². The summed E-state index contributed by atoms with van der Waals surface area (Å²) in [6.45, 7) is 5.38. The van der Waals surface area contributed by atoms with E-state index in [4.69, 9.17) is 9.47 Å². The fourth-order valence-corrected chi connectivity index (χ4v) is 4.38. The molecule has 2 heterocycles. The van der Waals surface area contributed by atoms with Gasteiger partial charge in [-0.1, -0.05) is 6.42 Å². The summed E-state index contributed by atoms with van der Waals surface area (Å²) in [5.41, 5.74) is 0.816. The van der Waals surface area contributed by atoms with Crippen LogP contribution in [0.5, 0.6) is 11.5 Å². The molecule has 0 spiro atoms. The molecule has 1 aromatic heterocycles. The summed E-state index contributed by atoms with van der Waals surface area (Å²) in [7, 11) is 2.93. The number of thiazole rings is 1. The van der Waals surface area contributed by atoms with Crippen molar-refractivity contribution in [2.75, 3.05) is 40.4 Å². The van der Waals surface area contributed by atoms with Gasteiger partial charge < -0.3 is 19.7 Å². The maximum Gasteiger partial charge on any atom is 0.263 e. The highest BCUT2D eigenvalue weighted by Crippen LogP contribution is 2.39. The first-order valence-corrected chi connectivity index (χ1v) is 10.2. The van der Waals surface area contributed by atoms with Gasteiger partial charge in [0.05, 0.1) is 25.5 Å². The number of hydrogen-bond acceptors (Lipinski definition) is 6. The predicted octanol–water partition coefficient (Wildman–Crippen LogP) is 3.49. The number of amides is 1. The molecule has 1 fully saturated rings. The average Bonchev–Trinajstić information content (AvgIpc) is 3.09. The Balaban J connectivity index is 1.73. The van der Waals surface area contributed by atoms with Crippen LogP contribution in [0.3, 0.4) is 0 Å². The predicted molar refractivity (Wildman–Crippen MR) is 108 cm³/mol. The third-order valence-electron chi connectivity index (χ3n) is 4.86. The zero-order valence-electron chi connectivity index (χ0n) is 16.5. The van der Waals surface area contributed by atoms with E-state index in [1.165, 1.54) is 50.9 Å². The number of aryl methyl sites for hydroxylation is 1. The Hall–Kier alpha value is -2.19. The molecule has 0 unspecified atom stereocenters. The van der Waals surface area contributed by atoms with Gasteiger partial charge in [-0.15, -0.1) is 11.3 Å². The van der Waals surface area contributed by atoms with Crippen LogP contribution in [0, 0.1) is 12.7 Å². The largest absolute Gasteiger partial charge is 0.497 e. The van der Waals surface area contributed by atoms with E-state index >= 15 is 0 Å². The van der Waals surface area contributed by atoms with Crippen molar-refractivity contribution in [3.63, 3.8) is 0 Å². The van der Waals surface area contributed by atoms with Crippen molar-refractivity contribution < 1.29 is 18.7 Å². The van der Waals surface area contributed by atoms with Crippen LogP contribution in [0.15, 0.2) is 12.1 Å². The van der Waals surface area contributed by atoms with Crippen LogP contribution in [0.4, 0.5) is 4.39 Å². The Bertz CT molecular complexity index is 834. The molecule has 2 aromatic rings. The molecule has 8 heteroatoms. The number of nitrogens with one attached hydrogen (secondary N) is 1. The smallest absolute Gasteiger partial charge is 0.263 e. The molecule has 6 nitrogen and oxygen atoms in total. The zero-order valence-corrected chi connectivity index (χ0v) is 17.3. The van der Waals surface area contributed by atoms with Crippen LogP contribution >= 0.6 is 11.3 Å². The van der Waals surface area contributed by atoms with Gasteiger partial charge in [-0.3, -0.25) is 4.79 Å². The lowest BCUT2D eigenvalue weighted by Gasteiger charge is -2.26. The first-order valence-electron chi connectivity index (χ1n) is 9.43.